The molecule has 0 rings (SSSR count). The minimum absolute atomic E-state index is 0.924. The zero-order chi connectivity index (χ0) is 10.5. The number of rotatable bonds is 6. The van der Waals surface area contributed by atoms with Gasteiger partial charge < -0.3 is 10.6 Å². The lowest BCUT2D eigenvalue weighted by molar-refractivity contribution is 0.544. The van der Waals surface area contributed by atoms with Crippen LogP contribution in [0, 0.1) is 5.92 Å². The average molecular weight is 188 g/mol. The molecule has 0 amide bonds. The quantitative estimate of drug-likeness (QED) is 0.494. The third-order valence-corrected chi connectivity index (χ3v) is 2.12. The monoisotopic (exact) mass is 188 g/mol. The second kappa shape index (κ2) is 14.4. The lowest BCUT2D eigenvalue weighted by atomic mass is 10.1. The summed E-state index contributed by atoms with van der Waals surface area (Å²) in [5.74, 6) is 0.935. The first-order chi connectivity index (χ1) is 6.22. The molecule has 13 heavy (non-hydrogen) atoms. The number of hydrogen-bond donors (Lipinski definition) is 2. The first kappa shape index (κ1) is 15.4. The molecule has 0 aliphatic heterocycles. The highest BCUT2D eigenvalue weighted by atomic mass is 15.0. The van der Waals surface area contributed by atoms with Crippen LogP contribution in [0.15, 0.2) is 0 Å². The van der Waals surface area contributed by atoms with Crippen molar-refractivity contribution in [1.82, 2.24) is 10.6 Å². The van der Waals surface area contributed by atoms with E-state index in [0.717, 1.165) is 19.1 Å². The zero-order valence-corrected chi connectivity index (χ0v) is 10.1. The standard InChI is InChI=1S/C6H14.C5H14N2/c1-4-6(3)5-2;1-3-4-7-5-6-2/h6H,4-5H2,1-3H3;6-7H,3-5H2,1-2H3. The van der Waals surface area contributed by atoms with Gasteiger partial charge in [-0.25, -0.2) is 0 Å². The van der Waals surface area contributed by atoms with E-state index >= 15 is 0 Å². The number of nitrogens with one attached hydrogen (secondary N) is 2. The largest absolute Gasteiger partial charge is 0.308 e. The van der Waals surface area contributed by atoms with Crippen molar-refractivity contribution in [3.8, 4) is 0 Å². The van der Waals surface area contributed by atoms with Gasteiger partial charge in [0.05, 0.1) is 0 Å². The van der Waals surface area contributed by atoms with Crippen molar-refractivity contribution in [2.45, 2.75) is 47.0 Å². The topological polar surface area (TPSA) is 24.1 Å². The molecular weight excluding hydrogens is 160 g/mol. The minimum atomic E-state index is 0.924. The molecule has 0 saturated heterocycles. The van der Waals surface area contributed by atoms with E-state index in [1.54, 1.807) is 0 Å². The summed E-state index contributed by atoms with van der Waals surface area (Å²) in [4.78, 5) is 0. The Morgan fingerprint density at radius 1 is 1.08 bits per heavy atom. The van der Waals surface area contributed by atoms with Crippen molar-refractivity contribution in [2.75, 3.05) is 20.3 Å². The average Bonchev–Trinajstić information content (AvgIpc) is 2.18. The fraction of sp³-hybridized carbons (Fsp3) is 1.00. The van der Waals surface area contributed by atoms with E-state index in [-0.39, 0.29) is 0 Å². The summed E-state index contributed by atoms with van der Waals surface area (Å²) < 4.78 is 0. The Labute approximate surface area is 84.5 Å². The van der Waals surface area contributed by atoms with Gasteiger partial charge in [-0.05, 0) is 25.9 Å². The maximum atomic E-state index is 3.17. The molecule has 0 atom stereocenters. The van der Waals surface area contributed by atoms with Crippen molar-refractivity contribution >= 4 is 0 Å². The molecule has 0 heterocycles. The first-order valence-corrected chi connectivity index (χ1v) is 5.58. The molecule has 0 aromatic carbocycles. The predicted molar refractivity (Wildman–Crippen MR) is 62.0 cm³/mol. The van der Waals surface area contributed by atoms with Gasteiger partial charge in [0.15, 0.2) is 0 Å². The van der Waals surface area contributed by atoms with Crippen LogP contribution in [-0.2, 0) is 0 Å². The van der Waals surface area contributed by atoms with Crippen LogP contribution in [0.1, 0.15) is 47.0 Å². The van der Waals surface area contributed by atoms with Crippen molar-refractivity contribution in [2.24, 2.45) is 5.92 Å². The summed E-state index contributed by atoms with van der Waals surface area (Å²) >= 11 is 0. The van der Waals surface area contributed by atoms with Crippen LogP contribution in [0.4, 0.5) is 0 Å². The molecule has 0 radical (unpaired) electrons. The molecule has 0 aromatic rings. The van der Waals surface area contributed by atoms with Gasteiger partial charge in [0, 0.05) is 6.67 Å². The van der Waals surface area contributed by atoms with Crippen molar-refractivity contribution in [1.29, 1.82) is 0 Å². The van der Waals surface area contributed by atoms with Crippen molar-refractivity contribution in [3.05, 3.63) is 0 Å². The van der Waals surface area contributed by atoms with Crippen LogP contribution < -0.4 is 10.6 Å². The van der Waals surface area contributed by atoms with E-state index in [1.165, 1.54) is 19.3 Å². The van der Waals surface area contributed by atoms with Gasteiger partial charge in [-0.2, -0.15) is 0 Å². The van der Waals surface area contributed by atoms with Crippen LogP contribution in [0.2, 0.25) is 0 Å². The van der Waals surface area contributed by atoms with E-state index in [9.17, 15) is 0 Å². The Bertz CT molecular complexity index is 66.5. The van der Waals surface area contributed by atoms with Gasteiger partial charge in [-0.1, -0.05) is 40.5 Å². The number of hydrogen-bond acceptors (Lipinski definition) is 2. The summed E-state index contributed by atoms with van der Waals surface area (Å²) in [5.41, 5.74) is 0. The van der Waals surface area contributed by atoms with Gasteiger partial charge in [0.2, 0.25) is 0 Å². The highest BCUT2D eigenvalue weighted by molar-refractivity contribution is 4.41. The maximum absolute atomic E-state index is 3.17. The molecular formula is C11H28N2. The van der Waals surface area contributed by atoms with Crippen LogP contribution in [0.5, 0.6) is 0 Å². The maximum Gasteiger partial charge on any atom is 0.0451 e. The molecule has 2 N–H and O–H groups in total. The summed E-state index contributed by atoms with van der Waals surface area (Å²) in [6.45, 7) is 10.9. The lowest BCUT2D eigenvalue weighted by Crippen LogP contribution is -2.26. The van der Waals surface area contributed by atoms with E-state index in [1.807, 2.05) is 7.05 Å². The molecule has 2 nitrogen and oxygen atoms in total. The van der Waals surface area contributed by atoms with Crippen LogP contribution in [0.3, 0.4) is 0 Å². The normalized spacial score (nSPS) is 9.69. The SMILES string of the molecule is CCC(C)CC.CCCNCNC. The van der Waals surface area contributed by atoms with Crippen LogP contribution in [-0.4, -0.2) is 20.3 Å². The molecule has 2 heteroatoms. The summed E-state index contributed by atoms with van der Waals surface area (Å²) in [6.07, 6.45) is 3.87. The molecule has 0 aliphatic carbocycles. The fourth-order valence-electron chi connectivity index (χ4n) is 0.679. The minimum Gasteiger partial charge on any atom is -0.308 e. The Morgan fingerprint density at radius 3 is 1.85 bits per heavy atom. The van der Waals surface area contributed by atoms with Crippen LogP contribution >= 0.6 is 0 Å². The Morgan fingerprint density at radius 2 is 1.62 bits per heavy atom. The van der Waals surface area contributed by atoms with Gasteiger partial charge in [0.1, 0.15) is 0 Å². The molecule has 0 unspecified atom stereocenters. The lowest BCUT2D eigenvalue weighted by Gasteiger charge is -1.98. The van der Waals surface area contributed by atoms with E-state index < -0.39 is 0 Å². The van der Waals surface area contributed by atoms with Gasteiger partial charge >= 0.3 is 0 Å². The Balaban J connectivity index is 0. The smallest absolute Gasteiger partial charge is 0.0451 e. The van der Waals surface area contributed by atoms with Gasteiger partial charge in [-0.3, -0.25) is 0 Å². The summed E-state index contributed by atoms with van der Waals surface area (Å²) in [5, 5.41) is 6.16. The predicted octanol–water partition coefficient (Wildman–Crippen LogP) is 2.61. The summed E-state index contributed by atoms with van der Waals surface area (Å²) in [6, 6.07) is 0. The van der Waals surface area contributed by atoms with Crippen LogP contribution in [0.25, 0.3) is 0 Å². The molecule has 0 bridgehead atoms. The molecule has 82 valence electrons. The fourth-order valence-corrected chi connectivity index (χ4v) is 0.679. The van der Waals surface area contributed by atoms with E-state index in [4.69, 9.17) is 0 Å². The van der Waals surface area contributed by atoms with Gasteiger partial charge in [0.25, 0.3) is 0 Å². The highest BCUT2D eigenvalue weighted by Crippen LogP contribution is 2.02. The second-order valence-electron chi connectivity index (χ2n) is 3.45. The third kappa shape index (κ3) is 18.7. The summed E-state index contributed by atoms with van der Waals surface area (Å²) in [7, 11) is 1.93. The molecule has 0 saturated carbocycles. The van der Waals surface area contributed by atoms with Gasteiger partial charge in [-0.15, -0.1) is 0 Å². The zero-order valence-electron chi connectivity index (χ0n) is 10.1. The molecule has 0 aromatic heterocycles. The van der Waals surface area contributed by atoms with Crippen molar-refractivity contribution in [3.63, 3.8) is 0 Å². The molecule has 0 spiro atoms. The Hall–Kier alpha value is -0.0800. The van der Waals surface area contributed by atoms with E-state index in [2.05, 4.69) is 38.3 Å². The second-order valence-corrected chi connectivity index (χ2v) is 3.45. The molecule has 0 fully saturated rings. The van der Waals surface area contributed by atoms with E-state index in [0.29, 0.717) is 0 Å². The third-order valence-electron chi connectivity index (χ3n) is 2.12. The van der Waals surface area contributed by atoms with Crippen molar-refractivity contribution < 1.29 is 0 Å². The highest BCUT2D eigenvalue weighted by Gasteiger charge is 1.88. The first-order valence-electron chi connectivity index (χ1n) is 5.58. The molecule has 0 aliphatic rings. The Kier molecular flexibility index (Phi) is 17.1.